The lowest BCUT2D eigenvalue weighted by molar-refractivity contribution is 0.481. The summed E-state index contributed by atoms with van der Waals surface area (Å²) in [7, 11) is -3.47. The molecular formula is C15H13NO3S. The third kappa shape index (κ3) is 1.87. The van der Waals surface area contributed by atoms with Crippen LogP contribution in [0, 0.1) is 0 Å². The Morgan fingerprint density at radius 2 is 1.70 bits per heavy atom. The number of fused-ring (bicyclic) bond motifs is 1. The lowest BCUT2D eigenvalue weighted by atomic mass is 10.1. The Bertz CT molecular complexity index is 808. The zero-order valence-corrected chi connectivity index (χ0v) is 11.6. The van der Waals surface area contributed by atoms with Crippen LogP contribution in [0.4, 0.5) is 0 Å². The van der Waals surface area contributed by atoms with Gasteiger partial charge in [-0.05, 0) is 31.2 Å². The Kier molecular flexibility index (Phi) is 2.79. The molecule has 102 valence electrons. The highest BCUT2D eigenvalue weighted by atomic mass is 32.2. The molecule has 2 aromatic carbocycles. The molecule has 1 heterocycles. The van der Waals surface area contributed by atoms with Crippen molar-refractivity contribution >= 4 is 15.5 Å². The number of sulfone groups is 1. The molecular weight excluding hydrogens is 274 g/mol. The lowest BCUT2D eigenvalue weighted by Crippen LogP contribution is -1.98. The maximum absolute atomic E-state index is 12.2. The second kappa shape index (κ2) is 4.38. The van der Waals surface area contributed by atoms with Gasteiger partial charge in [0.05, 0.1) is 15.5 Å². The number of rotatable bonds is 2. The molecule has 20 heavy (non-hydrogen) atoms. The summed E-state index contributed by atoms with van der Waals surface area (Å²) >= 11 is 0. The fourth-order valence-corrected chi connectivity index (χ4v) is 3.60. The van der Waals surface area contributed by atoms with Gasteiger partial charge < -0.3 is 10.5 Å². The smallest absolute Gasteiger partial charge is 0.205 e. The summed E-state index contributed by atoms with van der Waals surface area (Å²) in [5, 5.41) is 0. The Balaban J connectivity index is 2.04. The van der Waals surface area contributed by atoms with E-state index in [0.29, 0.717) is 22.8 Å². The van der Waals surface area contributed by atoms with Crippen molar-refractivity contribution in [2.24, 2.45) is 5.73 Å². The molecule has 0 atom stereocenters. The molecule has 0 fully saturated rings. The molecule has 3 rings (SSSR count). The molecule has 0 saturated carbocycles. The minimum absolute atomic E-state index is 0.198. The van der Waals surface area contributed by atoms with Crippen molar-refractivity contribution < 1.29 is 13.2 Å². The highest BCUT2D eigenvalue weighted by Gasteiger charge is 2.31. The molecule has 0 saturated heterocycles. The zero-order chi connectivity index (χ0) is 14.3. The summed E-state index contributed by atoms with van der Waals surface area (Å²) in [5.74, 6) is 1.13. The second-order valence-corrected chi connectivity index (χ2v) is 6.61. The second-order valence-electron chi connectivity index (χ2n) is 4.55. The van der Waals surface area contributed by atoms with Crippen LogP contribution in [-0.2, 0) is 9.84 Å². The Hall–Kier alpha value is -2.27. The highest BCUT2D eigenvalue weighted by molar-refractivity contribution is 7.95. The van der Waals surface area contributed by atoms with E-state index in [0.717, 1.165) is 0 Å². The van der Waals surface area contributed by atoms with Crippen molar-refractivity contribution in [3.63, 3.8) is 0 Å². The van der Waals surface area contributed by atoms with Gasteiger partial charge in [0.2, 0.25) is 9.84 Å². The number of para-hydroxylation sites is 1. The van der Waals surface area contributed by atoms with E-state index in [-0.39, 0.29) is 9.80 Å². The average Bonchev–Trinajstić information content (AvgIpc) is 2.62. The standard InChI is InChI=1S/C15H13NO3S/c1-10-15(16)13-8-7-12(9-14(13)20(10,17)18)19-11-5-3-2-4-6-11/h2-9H,16H2,1H3. The molecule has 4 nitrogen and oxygen atoms in total. The summed E-state index contributed by atoms with van der Waals surface area (Å²) in [4.78, 5) is 0.408. The SMILES string of the molecule is CC1=C(N)c2ccc(Oc3ccccc3)cc2S1(=O)=O. The third-order valence-corrected chi connectivity index (χ3v) is 5.24. The van der Waals surface area contributed by atoms with Crippen LogP contribution in [0.5, 0.6) is 11.5 Å². The monoisotopic (exact) mass is 287 g/mol. The van der Waals surface area contributed by atoms with E-state index in [1.54, 1.807) is 24.3 Å². The molecule has 0 radical (unpaired) electrons. The summed E-state index contributed by atoms with van der Waals surface area (Å²) in [6, 6.07) is 14.1. The van der Waals surface area contributed by atoms with E-state index in [1.807, 2.05) is 18.2 Å². The number of hydrogen-bond acceptors (Lipinski definition) is 4. The summed E-state index contributed by atoms with van der Waals surface area (Å²) in [5.41, 5.74) is 6.68. The topological polar surface area (TPSA) is 69.4 Å². The van der Waals surface area contributed by atoms with Crippen molar-refractivity contribution in [3.05, 3.63) is 59.0 Å². The fourth-order valence-electron chi connectivity index (χ4n) is 2.13. The molecule has 5 heteroatoms. The van der Waals surface area contributed by atoms with E-state index >= 15 is 0 Å². The van der Waals surface area contributed by atoms with Gasteiger partial charge in [-0.3, -0.25) is 0 Å². The van der Waals surface area contributed by atoms with Gasteiger partial charge in [0.25, 0.3) is 0 Å². The minimum Gasteiger partial charge on any atom is -0.457 e. The zero-order valence-electron chi connectivity index (χ0n) is 10.8. The van der Waals surface area contributed by atoms with Crippen LogP contribution in [0.15, 0.2) is 58.3 Å². The summed E-state index contributed by atoms with van der Waals surface area (Å²) in [6.45, 7) is 1.52. The van der Waals surface area contributed by atoms with E-state index in [1.165, 1.54) is 13.0 Å². The van der Waals surface area contributed by atoms with Gasteiger partial charge in [0.15, 0.2) is 0 Å². The van der Waals surface area contributed by atoms with Crippen LogP contribution in [0.25, 0.3) is 5.70 Å². The van der Waals surface area contributed by atoms with E-state index in [9.17, 15) is 8.42 Å². The van der Waals surface area contributed by atoms with E-state index in [4.69, 9.17) is 10.5 Å². The van der Waals surface area contributed by atoms with Crippen molar-refractivity contribution in [1.82, 2.24) is 0 Å². The predicted molar refractivity (Wildman–Crippen MR) is 76.9 cm³/mol. The van der Waals surface area contributed by atoms with E-state index < -0.39 is 9.84 Å². The van der Waals surface area contributed by atoms with E-state index in [2.05, 4.69) is 0 Å². The highest BCUT2D eigenvalue weighted by Crippen LogP contribution is 2.38. The molecule has 0 spiro atoms. The number of benzene rings is 2. The van der Waals surface area contributed by atoms with Gasteiger partial charge in [0.1, 0.15) is 11.5 Å². The lowest BCUT2D eigenvalue weighted by Gasteiger charge is -2.07. The minimum atomic E-state index is -3.47. The Labute approximate surface area is 117 Å². The number of hydrogen-bond donors (Lipinski definition) is 1. The van der Waals surface area contributed by atoms with Crippen molar-refractivity contribution in [1.29, 1.82) is 0 Å². The fraction of sp³-hybridized carbons (Fsp3) is 0.0667. The van der Waals surface area contributed by atoms with Crippen molar-refractivity contribution in [2.75, 3.05) is 0 Å². The predicted octanol–water partition coefficient (Wildman–Crippen LogP) is 2.91. The van der Waals surface area contributed by atoms with Crippen LogP contribution < -0.4 is 10.5 Å². The molecule has 1 aliphatic rings. The number of allylic oxidation sites excluding steroid dienone is 1. The van der Waals surface area contributed by atoms with Crippen molar-refractivity contribution in [3.8, 4) is 11.5 Å². The number of nitrogens with two attached hydrogens (primary N) is 1. The van der Waals surface area contributed by atoms with Gasteiger partial charge in [-0.15, -0.1) is 0 Å². The molecule has 0 bridgehead atoms. The van der Waals surface area contributed by atoms with Crippen LogP contribution in [-0.4, -0.2) is 8.42 Å². The Morgan fingerprint density at radius 1 is 1.00 bits per heavy atom. The summed E-state index contributed by atoms with van der Waals surface area (Å²) in [6.07, 6.45) is 0. The maximum Gasteiger partial charge on any atom is 0.205 e. The van der Waals surface area contributed by atoms with Gasteiger partial charge >= 0.3 is 0 Å². The largest absolute Gasteiger partial charge is 0.457 e. The van der Waals surface area contributed by atoms with Gasteiger partial charge in [0, 0.05) is 11.6 Å². The Morgan fingerprint density at radius 3 is 2.40 bits per heavy atom. The first kappa shape index (κ1) is 12.7. The number of ether oxygens (including phenoxy) is 1. The maximum atomic E-state index is 12.2. The van der Waals surface area contributed by atoms with Gasteiger partial charge in [-0.1, -0.05) is 18.2 Å². The van der Waals surface area contributed by atoms with Crippen LogP contribution >= 0.6 is 0 Å². The first-order valence-corrected chi connectivity index (χ1v) is 7.57. The molecule has 0 aromatic heterocycles. The third-order valence-electron chi connectivity index (χ3n) is 3.29. The molecule has 0 aliphatic carbocycles. The van der Waals surface area contributed by atoms with Crippen LogP contribution in [0.1, 0.15) is 12.5 Å². The van der Waals surface area contributed by atoms with Gasteiger partial charge in [-0.2, -0.15) is 0 Å². The molecule has 2 aromatic rings. The molecule has 2 N–H and O–H groups in total. The van der Waals surface area contributed by atoms with Crippen LogP contribution in [0.3, 0.4) is 0 Å². The first-order valence-electron chi connectivity index (χ1n) is 6.09. The molecule has 1 aliphatic heterocycles. The molecule has 0 unspecified atom stereocenters. The molecule has 0 amide bonds. The van der Waals surface area contributed by atoms with Crippen LogP contribution in [0.2, 0.25) is 0 Å². The quantitative estimate of drug-likeness (QED) is 0.922. The average molecular weight is 287 g/mol. The van der Waals surface area contributed by atoms with Gasteiger partial charge in [-0.25, -0.2) is 8.42 Å². The summed E-state index contributed by atoms with van der Waals surface area (Å²) < 4.78 is 30.1. The first-order chi connectivity index (χ1) is 9.50. The normalized spacial score (nSPS) is 16.1. The van der Waals surface area contributed by atoms with Crippen molar-refractivity contribution in [2.45, 2.75) is 11.8 Å².